The summed E-state index contributed by atoms with van der Waals surface area (Å²) in [5.74, 6) is 1.09. The zero-order valence-corrected chi connectivity index (χ0v) is 16.1. The van der Waals surface area contributed by atoms with E-state index >= 15 is 0 Å². The number of nitrogens with zero attached hydrogens (tertiary/aromatic N) is 2. The minimum Gasteiger partial charge on any atom is -0.385 e. The monoisotopic (exact) mass is 363 g/mol. The van der Waals surface area contributed by atoms with E-state index in [-0.39, 0.29) is 11.5 Å². The zero-order valence-electron chi connectivity index (χ0n) is 15.3. The summed E-state index contributed by atoms with van der Waals surface area (Å²) in [5.41, 5.74) is 0. The number of nitrogens with one attached hydrogen (secondary N) is 1. The Morgan fingerprint density at radius 1 is 1.25 bits per heavy atom. The molecule has 0 aromatic rings. The van der Waals surface area contributed by atoms with Crippen LogP contribution in [0.25, 0.3) is 0 Å². The first kappa shape index (κ1) is 21.2. The number of likely N-dealkylation sites (tertiary alicyclic amines) is 1. The molecule has 0 atom stereocenters. The van der Waals surface area contributed by atoms with E-state index in [2.05, 4.69) is 15.2 Å². The van der Waals surface area contributed by atoms with Crippen molar-refractivity contribution in [1.29, 1.82) is 0 Å². The van der Waals surface area contributed by atoms with E-state index in [9.17, 15) is 8.42 Å². The summed E-state index contributed by atoms with van der Waals surface area (Å²) in [6, 6.07) is 0. The number of sulfone groups is 1. The quantitative estimate of drug-likeness (QED) is 0.353. The van der Waals surface area contributed by atoms with Crippen LogP contribution in [-0.2, 0) is 19.3 Å². The summed E-state index contributed by atoms with van der Waals surface area (Å²) in [7, 11) is -1.27. The van der Waals surface area contributed by atoms with Gasteiger partial charge < -0.3 is 19.7 Å². The third-order valence-electron chi connectivity index (χ3n) is 4.03. The Kier molecular flexibility index (Phi) is 10.3. The third-order valence-corrected chi connectivity index (χ3v) is 5.71. The van der Waals surface area contributed by atoms with E-state index in [1.54, 1.807) is 14.0 Å². The largest absolute Gasteiger partial charge is 0.385 e. The number of piperidine rings is 1. The molecular weight excluding hydrogens is 330 g/mol. The predicted molar refractivity (Wildman–Crippen MR) is 97.3 cm³/mol. The summed E-state index contributed by atoms with van der Waals surface area (Å²) < 4.78 is 34.0. The van der Waals surface area contributed by atoms with Crippen molar-refractivity contribution in [3.63, 3.8) is 0 Å². The minimum absolute atomic E-state index is 0.109. The van der Waals surface area contributed by atoms with Crippen molar-refractivity contribution in [2.45, 2.75) is 39.2 Å². The van der Waals surface area contributed by atoms with E-state index in [1.165, 1.54) is 0 Å². The highest BCUT2D eigenvalue weighted by atomic mass is 32.2. The van der Waals surface area contributed by atoms with Crippen LogP contribution in [0.1, 0.15) is 33.1 Å². The molecule has 0 aromatic carbocycles. The van der Waals surface area contributed by atoms with Gasteiger partial charge in [-0.1, -0.05) is 6.92 Å². The van der Waals surface area contributed by atoms with Gasteiger partial charge in [0.15, 0.2) is 15.8 Å². The summed E-state index contributed by atoms with van der Waals surface area (Å²) in [6.45, 7) is 7.99. The molecule has 0 saturated carbocycles. The maximum Gasteiger partial charge on any atom is 0.193 e. The fourth-order valence-corrected chi connectivity index (χ4v) is 3.21. The Morgan fingerprint density at radius 3 is 2.54 bits per heavy atom. The zero-order chi connectivity index (χ0) is 17.8. The van der Waals surface area contributed by atoms with Crippen LogP contribution < -0.4 is 5.32 Å². The van der Waals surface area contributed by atoms with Crippen LogP contribution in [0.2, 0.25) is 0 Å². The molecular formula is C16H33N3O4S. The number of rotatable bonds is 10. The molecule has 1 heterocycles. The van der Waals surface area contributed by atoms with Crippen molar-refractivity contribution in [3.8, 4) is 0 Å². The number of methoxy groups -OCH3 is 1. The van der Waals surface area contributed by atoms with Gasteiger partial charge in [-0.25, -0.2) is 8.42 Å². The minimum atomic E-state index is -2.97. The van der Waals surface area contributed by atoms with Crippen molar-refractivity contribution >= 4 is 15.8 Å². The lowest BCUT2D eigenvalue weighted by Gasteiger charge is -2.34. The molecule has 1 aliphatic rings. The van der Waals surface area contributed by atoms with E-state index in [0.29, 0.717) is 12.6 Å². The van der Waals surface area contributed by atoms with Crippen molar-refractivity contribution in [2.24, 2.45) is 4.99 Å². The molecule has 0 radical (unpaired) electrons. The highest BCUT2D eigenvalue weighted by Gasteiger charge is 2.21. The lowest BCUT2D eigenvalue weighted by molar-refractivity contribution is 0.00991. The molecule has 1 aliphatic heterocycles. The molecule has 0 aliphatic carbocycles. The summed E-state index contributed by atoms with van der Waals surface area (Å²) in [4.78, 5) is 6.67. The molecule has 142 valence electrons. The van der Waals surface area contributed by atoms with Gasteiger partial charge in [-0.05, 0) is 26.2 Å². The molecule has 1 N–H and O–H groups in total. The fourth-order valence-electron chi connectivity index (χ4n) is 2.55. The molecule has 24 heavy (non-hydrogen) atoms. The van der Waals surface area contributed by atoms with Crippen LogP contribution in [0.15, 0.2) is 4.99 Å². The maximum atomic E-state index is 11.6. The van der Waals surface area contributed by atoms with Crippen LogP contribution in [0.5, 0.6) is 0 Å². The molecule has 0 amide bonds. The number of hydrogen-bond donors (Lipinski definition) is 1. The van der Waals surface area contributed by atoms with E-state index < -0.39 is 9.84 Å². The number of aliphatic imine (C=N–C) groups is 1. The first-order valence-electron chi connectivity index (χ1n) is 8.86. The summed E-state index contributed by atoms with van der Waals surface area (Å²) in [5, 5.41) is 3.26. The van der Waals surface area contributed by atoms with Crippen LogP contribution in [-0.4, -0.2) is 83.4 Å². The summed E-state index contributed by atoms with van der Waals surface area (Å²) in [6.07, 6.45) is 3.14. The number of guanidine groups is 1. The Morgan fingerprint density at radius 2 is 1.96 bits per heavy atom. The van der Waals surface area contributed by atoms with Gasteiger partial charge in [-0.3, -0.25) is 4.99 Å². The lowest BCUT2D eigenvalue weighted by atomic mass is 10.1. The smallest absolute Gasteiger partial charge is 0.193 e. The molecule has 1 fully saturated rings. The molecule has 7 nitrogen and oxygen atoms in total. The second-order valence-electron chi connectivity index (χ2n) is 5.88. The third kappa shape index (κ3) is 8.30. The van der Waals surface area contributed by atoms with Gasteiger partial charge in [0, 0.05) is 45.7 Å². The van der Waals surface area contributed by atoms with Crippen LogP contribution in [0.4, 0.5) is 0 Å². The molecule has 0 spiro atoms. The van der Waals surface area contributed by atoms with E-state index in [4.69, 9.17) is 9.47 Å². The van der Waals surface area contributed by atoms with Crippen LogP contribution >= 0.6 is 0 Å². The Hall–Kier alpha value is -0.860. The Balaban J connectivity index is 2.42. The van der Waals surface area contributed by atoms with Crippen LogP contribution in [0, 0.1) is 0 Å². The predicted octanol–water partition coefficient (Wildman–Crippen LogP) is 0.904. The van der Waals surface area contributed by atoms with Crippen LogP contribution in [0.3, 0.4) is 0 Å². The molecule has 1 saturated heterocycles. The second-order valence-corrected chi connectivity index (χ2v) is 8.35. The average molecular weight is 364 g/mol. The number of ether oxygens (including phenoxy) is 2. The van der Waals surface area contributed by atoms with Gasteiger partial charge in [-0.2, -0.15) is 0 Å². The van der Waals surface area contributed by atoms with Crippen molar-refractivity contribution in [2.75, 3.05) is 58.0 Å². The van der Waals surface area contributed by atoms with E-state index in [0.717, 1.165) is 58.1 Å². The highest BCUT2D eigenvalue weighted by molar-refractivity contribution is 7.91. The fraction of sp³-hybridized carbons (Fsp3) is 0.938. The van der Waals surface area contributed by atoms with Gasteiger partial charge >= 0.3 is 0 Å². The SMILES string of the molecule is CCNC(=NCCS(=O)(=O)CC)N1CCC(OCCCOC)CC1. The van der Waals surface area contributed by atoms with Gasteiger partial charge in [0.2, 0.25) is 0 Å². The number of hydrogen-bond acceptors (Lipinski definition) is 5. The first-order chi connectivity index (χ1) is 11.5. The molecule has 0 unspecified atom stereocenters. The van der Waals surface area contributed by atoms with Crippen molar-refractivity contribution < 1.29 is 17.9 Å². The molecule has 1 rings (SSSR count). The molecule has 8 heteroatoms. The molecule has 0 aromatic heterocycles. The molecule has 0 bridgehead atoms. The Bertz CT molecular complexity index is 460. The first-order valence-corrected chi connectivity index (χ1v) is 10.7. The second kappa shape index (κ2) is 11.7. The van der Waals surface area contributed by atoms with Crippen molar-refractivity contribution in [1.82, 2.24) is 10.2 Å². The average Bonchev–Trinajstić information content (AvgIpc) is 2.58. The van der Waals surface area contributed by atoms with Gasteiger partial charge in [0.1, 0.15) is 0 Å². The van der Waals surface area contributed by atoms with Gasteiger partial charge in [-0.15, -0.1) is 0 Å². The lowest BCUT2D eigenvalue weighted by Crippen LogP contribution is -2.47. The normalized spacial score (nSPS) is 17.3. The van der Waals surface area contributed by atoms with Gasteiger partial charge in [0.25, 0.3) is 0 Å². The van der Waals surface area contributed by atoms with Crippen molar-refractivity contribution in [3.05, 3.63) is 0 Å². The van der Waals surface area contributed by atoms with Gasteiger partial charge in [0.05, 0.1) is 18.4 Å². The summed E-state index contributed by atoms with van der Waals surface area (Å²) >= 11 is 0. The standard InChI is InChI=1S/C16H33N3O4S/c1-4-17-16(18-9-14-24(20,21)5-2)19-10-7-15(8-11-19)23-13-6-12-22-3/h15H,4-14H2,1-3H3,(H,17,18). The van der Waals surface area contributed by atoms with E-state index in [1.807, 2.05) is 6.92 Å². The topological polar surface area (TPSA) is 80.2 Å². The highest BCUT2D eigenvalue weighted by Crippen LogP contribution is 2.14. The maximum absolute atomic E-state index is 11.6. The Labute approximate surface area is 146 Å².